The SMILES string of the molecule is Oc1ccc(Cc2ccc(N(c3ccccc3)c3ccc(Cl)cc3)cc2)cc1. The van der Waals surface area contributed by atoms with E-state index >= 15 is 0 Å². The van der Waals surface area contributed by atoms with Gasteiger partial charge in [-0.25, -0.2) is 0 Å². The third-order valence-electron chi connectivity index (χ3n) is 4.64. The molecule has 4 aromatic carbocycles. The Hall–Kier alpha value is -3.23. The second-order valence-electron chi connectivity index (χ2n) is 6.66. The third kappa shape index (κ3) is 4.19. The number of nitrogens with zero attached hydrogens (tertiary/aromatic N) is 1. The Morgan fingerprint density at radius 2 is 1.04 bits per heavy atom. The minimum absolute atomic E-state index is 0.292. The zero-order valence-electron chi connectivity index (χ0n) is 15.3. The number of halogens is 1. The summed E-state index contributed by atoms with van der Waals surface area (Å²) >= 11 is 6.08. The Balaban J connectivity index is 1.65. The molecule has 0 fully saturated rings. The van der Waals surface area contributed by atoms with Gasteiger partial charge in [-0.2, -0.15) is 0 Å². The van der Waals surface area contributed by atoms with E-state index in [-0.39, 0.29) is 0 Å². The molecular weight excluding hydrogens is 366 g/mol. The van der Waals surface area contributed by atoms with Crippen molar-refractivity contribution >= 4 is 28.7 Å². The van der Waals surface area contributed by atoms with Gasteiger partial charge in [-0.15, -0.1) is 0 Å². The fraction of sp³-hybridized carbons (Fsp3) is 0.0400. The largest absolute Gasteiger partial charge is 0.508 e. The van der Waals surface area contributed by atoms with Crippen LogP contribution in [0.25, 0.3) is 0 Å². The molecule has 0 aliphatic rings. The van der Waals surface area contributed by atoms with Gasteiger partial charge in [0.2, 0.25) is 0 Å². The average Bonchev–Trinajstić information content (AvgIpc) is 2.73. The highest BCUT2D eigenvalue weighted by molar-refractivity contribution is 6.30. The average molecular weight is 386 g/mol. The molecular formula is C25H20ClNO. The van der Waals surface area contributed by atoms with Crippen molar-refractivity contribution in [3.8, 4) is 5.75 Å². The van der Waals surface area contributed by atoms with Crippen LogP contribution in [0.15, 0.2) is 103 Å². The van der Waals surface area contributed by atoms with Crippen molar-refractivity contribution in [2.24, 2.45) is 0 Å². The fourth-order valence-electron chi connectivity index (χ4n) is 3.23. The molecule has 0 spiro atoms. The number of hydrogen-bond donors (Lipinski definition) is 1. The van der Waals surface area contributed by atoms with E-state index in [1.54, 1.807) is 12.1 Å². The summed E-state index contributed by atoms with van der Waals surface area (Å²) in [6.45, 7) is 0. The first-order chi connectivity index (χ1) is 13.7. The number of anilines is 3. The van der Waals surface area contributed by atoms with E-state index in [1.807, 2.05) is 54.6 Å². The number of benzene rings is 4. The van der Waals surface area contributed by atoms with Crippen LogP contribution >= 0.6 is 11.6 Å². The lowest BCUT2D eigenvalue weighted by molar-refractivity contribution is 0.475. The number of rotatable bonds is 5. The summed E-state index contributed by atoms with van der Waals surface area (Å²) in [5.74, 6) is 0.292. The van der Waals surface area contributed by atoms with Gasteiger partial charge < -0.3 is 10.0 Å². The number of phenolic OH excluding ortho intramolecular Hbond substituents is 1. The maximum Gasteiger partial charge on any atom is 0.115 e. The maximum atomic E-state index is 9.44. The van der Waals surface area contributed by atoms with Crippen molar-refractivity contribution in [1.82, 2.24) is 0 Å². The van der Waals surface area contributed by atoms with E-state index < -0.39 is 0 Å². The predicted octanol–water partition coefficient (Wildman–Crippen LogP) is 7.11. The summed E-state index contributed by atoms with van der Waals surface area (Å²) < 4.78 is 0. The number of hydrogen-bond acceptors (Lipinski definition) is 2. The monoisotopic (exact) mass is 385 g/mol. The Morgan fingerprint density at radius 3 is 1.61 bits per heavy atom. The summed E-state index contributed by atoms with van der Waals surface area (Å²) in [6.07, 6.45) is 0.826. The highest BCUT2D eigenvalue weighted by atomic mass is 35.5. The molecule has 0 saturated heterocycles. The molecule has 0 aromatic heterocycles. The first kappa shape index (κ1) is 18.1. The van der Waals surface area contributed by atoms with E-state index in [0.717, 1.165) is 28.5 Å². The van der Waals surface area contributed by atoms with Crippen molar-refractivity contribution in [2.45, 2.75) is 6.42 Å². The van der Waals surface area contributed by atoms with Crippen molar-refractivity contribution in [1.29, 1.82) is 0 Å². The zero-order chi connectivity index (χ0) is 19.3. The molecule has 1 N–H and O–H groups in total. The predicted molar refractivity (Wildman–Crippen MR) is 117 cm³/mol. The summed E-state index contributed by atoms with van der Waals surface area (Å²) in [6, 6.07) is 34.1. The summed E-state index contributed by atoms with van der Waals surface area (Å²) in [7, 11) is 0. The van der Waals surface area contributed by atoms with Crippen LogP contribution in [0.4, 0.5) is 17.1 Å². The third-order valence-corrected chi connectivity index (χ3v) is 4.89. The van der Waals surface area contributed by atoms with E-state index in [4.69, 9.17) is 11.6 Å². The number of aromatic hydroxyl groups is 1. The van der Waals surface area contributed by atoms with Gasteiger partial charge in [-0.3, -0.25) is 0 Å². The van der Waals surface area contributed by atoms with Crippen molar-refractivity contribution < 1.29 is 5.11 Å². The fourth-order valence-corrected chi connectivity index (χ4v) is 3.35. The van der Waals surface area contributed by atoms with E-state index in [0.29, 0.717) is 5.75 Å². The quantitative estimate of drug-likeness (QED) is 0.395. The molecule has 0 amide bonds. The molecule has 0 saturated carbocycles. The van der Waals surface area contributed by atoms with Gasteiger partial charge in [-0.05, 0) is 78.2 Å². The lowest BCUT2D eigenvalue weighted by atomic mass is 10.0. The lowest BCUT2D eigenvalue weighted by Gasteiger charge is -2.25. The van der Waals surface area contributed by atoms with Crippen LogP contribution in [0.1, 0.15) is 11.1 Å². The van der Waals surface area contributed by atoms with Crippen LogP contribution in [-0.4, -0.2) is 5.11 Å². The van der Waals surface area contributed by atoms with E-state index in [2.05, 4.69) is 41.3 Å². The number of phenols is 1. The number of para-hydroxylation sites is 1. The summed E-state index contributed by atoms with van der Waals surface area (Å²) in [5, 5.41) is 10.2. The van der Waals surface area contributed by atoms with Crippen LogP contribution in [0.3, 0.4) is 0 Å². The van der Waals surface area contributed by atoms with Crippen molar-refractivity contribution in [3.05, 3.63) is 119 Å². The van der Waals surface area contributed by atoms with Crippen LogP contribution in [0.2, 0.25) is 5.02 Å². The molecule has 0 unspecified atom stereocenters. The van der Waals surface area contributed by atoms with Gasteiger partial charge in [0.05, 0.1) is 0 Å². The lowest BCUT2D eigenvalue weighted by Crippen LogP contribution is -2.09. The van der Waals surface area contributed by atoms with Gasteiger partial charge in [-0.1, -0.05) is 54.1 Å². The van der Waals surface area contributed by atoms with Crippen LogP contribution in [0.5, 0.6) is 5.75 Å². The molecule has 28 heavy (non-hydrogen) atoms. The topological polar surface area (TPSA) is 23.5 Å². The van der Waals surface area contributed by atoms with Gasteiger partial charge in [0.15, 0.2) is 0 Å². The molecule has 2 nitrogen and oxygen atoms in total. The summed E-state index contributed by atoms with van der Waals surface area (Å²) in [4.78, 5) is 2.21. The molecule has 138 valence electrons. The molecule has 3 heteroatoms. The Morgan fingerprint density at radius 1 is 0.571 bits per heavy atom. The van der Waals surface area contributed by atoms with Gasteiger partial charge in [0, 0.05) is 22.1 Å². The molecule has 0 aliphatic heterocycles. The normalized spacial score (nSPS) is 10.6. The molecule has 4 aromatic rings. The standard InChI is InChI=1S/C25H20ClNO/c26-21-10-14-24(15-11-21)27(22-4-2-1-3-5-22)23-12-6-19(7-13-23)18-20-8-16-25(28)17-9-20/h1-17,28H,18H2. The second-order valence-corrected chi connectivity index (χ2v) is 7.09. The van der Waals surface area contributed by atoms with Gasteiger partial charge in [0.1, 0.15) is 5.75 Å². The smallest absolute Gasteiger partial charge is 0.115 e. The van der Waals surface area contributed by atoms with Gasteiger partial charge in [0.25, 0.3) is 0 Å². The molecule has 4 rings (SSSR count). The van der Waals surface area contributed by atoms with Crippen LogP contribution in [0, 0.1) is 0 Å². The summed E-state index contributed by atoms with van der Waals surface area (Å²) in [5.41, 5.74) is 5.63. The Bertz CT molecular complexity index is 1030. The maximum absolute atomic E-state index is 9.44. The molecule has 0 atom stereocenters. The molecule has 0 aliphatic carbocycles. The Kier molecular flexibility index (Phi) is 5.31. The van der Waals surface area contributed by atoms with Crippen molar-refractivity contribution in [3.63, 3.8) is 0 Å². The zero-order valence-corrected chi connectivity index (χ0v) is 16.1. The second kappa shape index (κ2) is 8.20. The highest BCUT2D eigenvalue weighted by Gasteiger charge is 2.12. The Labute approximate surface area is 170 Å². The van der Waals surface area contributed by atoms with Crippen LogP contribution < -0.4 is 4.90 Å². The van der Waals surface area contributed by atoms with E-state index in [1.165, 1.54) is 11.1 Å². The molecule has 0 radical (unpaired) electrons. The molecule has 0 heterocycles. The van der Waals surface area contributed by atoms with Crippen molar-refractivity contribution in [2.75, 3.05) is 4.90 Å². The minimum Gasteiger partial charge on any atom is -0.508 e. The minimum atomic E-state index is 0.292. The van der Waals surface area contributed by atoms with E-state index in [9.17, 15) is 5.11 Å². The first-order valence-corrected chi connectivity index (χ1v) is 9.54. The van der Waals surface area contributed by atoms with Gasteiger partial charge >= 0.3 is 0 Å². The highest BCUT2D eigenvalue weighted by Crippen LogP contribution is 2.35. The van der Waals surface area contributed by atoms with Crippen LogP contribution in [-0.2, 0) is 6.42 Å². The molecule has 0 bridgehead atoms. The first-order valence-electron chi connectivity index (χ1n) is 9.17.